The second-order valence-electron chi connectivity index (χ2n) is 3.21. The molecule has 0 aliphatic carbocycles. The summed E-state index contributed by atoms with van der Waals surface area (Å²) in [4.78, 5) is 16.0. The number of nitrogens with one attached hydrogen (secondary N) is 1. The summed E-state index contributed by atoms with van der Waals surface area (Å²) in [7, 11) is 0. The Morgan fingerprint density at radius 2 is 2.11 bits per heavy atom. The van der Waals surface area contributed by atoms with Crippen LogP contribution >= 0.6 is 38.9 Å². The van der Waals surface area contributed by atoms with E-state index in [1.807, 2.05) is 6.07 Å². The van der Waals surface area contributed by atoms with Gasteiger partial charge in [-0.15, -0.1) is 0 Å². The minimum atomic E-state index is -0.294. The lowest BCUT2D eigenvalue weighted by Gasteiger charge is -2.01. The Morgan fingerprint density at radius 3 is 2.67 bits per heavy atom. The highest BCUT2D eigenvalue weighted by Gasteiger charge is 2.12. The smallest absolute Gasteiger partial charge is 0.257 e. The monoisotopic (exact) mass is 341 g/mol. The molecule has 0 bridgehead atoms. The predicted molar refractivity (Wildman–Crippen MR) is 73.9 cm³/mol. The number of anilines is 1. The zero-order chi connectivity index (χ0) is 13.1. The van der Waals surface area contributed by atoms with Crippen LogP contribution in [-0.4, -0.2) is 10.9 Å². The van der Waals surface area contributed by atoms with E-state index in [0.717, 1.165) is 15.8 Å². The Hall–Kier alpha value is -1.42. The average molecular weight is 343 g/mol. The number of nitrogens with zero attached hydrogens (tertiary/aromatic N) is 2. The number of amides is 1. The maximum atomic E-state index is 11.8. The Balaban J connectivity index is 2.16. The molecule has 0 aliphatic rings. The SMILES string of the molecule is N#Cc1sc(NC(=O)c2ccc(Br)cc2)nc1Cl. The molecule has 0 saturated carbocycles. The minimum Gasteiger partial charge on any atom is -0.298 e. The molecule has 0 unspecified atom stereocenters. The third-order valence-corrected chi connectivity index (χ3v) is 3.80. The Bertz CT molecular complexity index is 633. The van der Waals surface area contributed by atoms with Crippen molar-refractivity contribution in [1.29, 1.82) is 5.26 Å². The highest BCUT2D eigenvalue weighted by atomic mass is 79.9. The van der Waals surface area contributed by atoms with Crippen molar-refractivity contribution in [2.24, 2.45) is 0 Å². The van der Waals surface area contributed by atoms with Crippen molar-refractivity contribution >= 4 is 49.9 Å². The van der Waals surface area contributed by atoms with E-state index in [1.54, 1.807) is 24.3 Å². The number of hydrogen-bond acceptors (Lipinski definition) is 4. The molecule has 4 nitrogen and oxygen atoms in total. The fourth-order valence-corrected chi connectivity index (χ4v) is 2.40. The summed E-state index contributed by atoms with van der Waals surface area (Å²) in [6.45, 7) is 0. The topological polar surface area (TPSA) is 65.8 Å². The van der Waals surface area contributed by atoms with Gasteiger partial charge in [-0.05, 0) is 24.3 Å². The van der Waals surface area contributed by atoms with Gasteiger partial charge in [0.25, 0.3) is 5.91 Å². The van der Waals surface area contributed by atoms with E-state index in [2.05, 4.69) is 26.2 Å². The molecule has 2 rings (SSSR count). The Kier molecular flexibility index (Phi) is 3.97. The molecule has 1 N–H and O–H groups in total. The number of rotatable bonds is 2. The van der Waals surface area contributed by atoms with Gasteiger partial charge in [0.15, 0.2) is 10.3 Å². The van der Waals surface area contributed by atoms with Crippen LogP contribution in [0.2, 0.25) is 5.15 Å². The van der Waals surface area contributed by atoms with Gasteiger partial charge >= 0.3 is 0 Å². The van der Waals surface area contributed by atoms with E-state index < -0.39 is 0 Å². The molecule has 1 heterocycles. The first-order chi connectivity index (χ1) is 8.60. The van der Waals surface area contributed by atoms with Gasteiger partial charge in [0.2, 0.25) is 0 Å². The van der Waals surface area contributed by atoms with Crippen molar-refractivity contribution in [3.05, 3.63) is 44.3 Å². The van der Waals surface area contributed by atoms with Gasteiger partial charge in [0.05, 0.1) is 0 Å². The molecule has 90 valence electrons. The molecule has 7 heteroatoms. The lowest BCUT2D eigenvalue weighted by atomic mass is 10.2. The van der Waals surface area contributed by atoms with Crippen molar-refractivity contribution in [1.82, 2.24) is 4.98 Å². The average Bonchev–Trinajstić information content (AvgIpc) is 2.70. The zero-order valence-electron chi connectivity index (χ0n) is 8.78. The summed E-state index contributed by atoms with van der Waals surface area (Å²) in [6, 6.07) is 8.80. The van der Waals surface area contributed by atoms with Gasteiger partial charge in [-0.2, -0.15) is 5.26 Å². The normalized spacial score (nSPS) is 9.83. The van der Waals surface area contributed by atoms with Gasteiger partial charge in [0.1, 0.15) is 10.9 Å². The quantitative estimate of drug-likeness (QED) is 0.905. The van der Waals surface area contributed by atoms with Crippen molar-refractivity contribution in [2.45, 2.75) is 0 Å². The van der Waals surface area contributed by atoms with Crippen LogP contribution in [-0.2, 0) is 0 Å². The van der Waals surface area contributed by atoms with Gasteiger partial charge in [-0.25, -0.2) is 4.98 Å². The van der Waals surface area contributed by atoms with Gasteiger partial charge in [0, 0.05) is 10.0 Å². The molecule has 1 aromatic carbocycles. The number of carbonyl (C=O) groups excluding carboxylic acids is 1. The standard InChI is InChI=1S/C11H5BrClN3OS/c12-7-3-1-6(2-4-7)10(17)16-11-15-9(13)8(5-14)18-11/h1-4H,(H,15,16,17). The zero-order valence-corrected chi connectivity index (χ0v) is 11.9. The number of halogens is 2. The third-order valence-electron chi connectivity index (χ3n) is 2.01. The number of nitriles is 1. The molecule has 2 aromatic rings. The molecule has 0 atom stereocenters. The molecule has 1 amide bonds. The summed E-state index contributed by atoms with van der Waals surface area (Å²) < 4.78 is 0.892. The number of thiazole rings is 1. The van der Waals surface area contributed by atoms with E-state index in [1.165, 1.54) is 0 Å². The first kappa shape index (κ1) is 13.0. The largest absolute Gasteiger partial charge is 0.298 e. The summed E-state index contributed by atoms with van der Waals surface area (Å²) >= 11 is 10.0. The minimum absolute atomic E-state index is 0.105. The van der Waals surface area contributed by atoms with Crippen LogP contribution in [0.5, 0.6) is 0 Å². The number of hydrogen-bond donors (Lipinski definition) is 1. The second-order valence-corrected chi connectivity index (χ2v) is 5.48. The molecule has 0 saturated heterocycles. The van der Waals surface area contributed by atoms with Crippen molar-refractivity contribution in [3.63, 3.8) is 0 Å². The van der Waals surface area contributed by atoms with Crippen LogP contribution < -0.4 is 5.32 Å². The lowest BCUT2D eigenvalue weighted by molar-refractivity contribution is 0.102. The van der Waals surface area contributed by atoms with Crippen molar-refractivity contribution < 1.29 is 4.79 Å². The van der Waals surface area contributed by atoms with E-state index in [-0.39, 0.29) is 15.9 Å². The molecular weight excluding hydrogens is 338 g/mol. The van der Waals surface area contributed by atoms with Gasteiger partial charge < -0.3 is 0 Å². The van der Waals surface area contributed by atoms with Crippen LogP contribution in [0.1, 0.15) is 15.2 Å². The molecule has 0 fully saturated rings. The van der Waals surface area contributed by atoms with Crippen LogP contribution in [0.15, 0.2) is 28.7 Å². The van der Waals surface area contributed by atoms with Crippen LogP contribution in [0, 0.1) is 11.3 Å². The van der Waals surface area contributed by atoms with E-state index in [4.69, 9.17) is 16.9 Å². The fourth-order valence-electron chi connectivity index (χ4n) is 1.19. The molecule has 0 radical (unpaired) electrons. The molecule has 0 spiro atoms. The Morgan fingerprint density at radius 1 is 1.44 bits per heavy atom. The predicted octanol–water partition coefficient (Wildman–Crippen LogP) is 3.68. The molecule has 18 heavy (non-hydrogen) atoms. The van der Waals surface area contributed by atoms with Crippen LogP contribution in [0.25, 0.3) is 0 Å². The lowest BCUT2D eigenvalue weighted by Crippen LogP contribution is -2.11. The summed E-state index contributed by atoms with van der Waals surface area (Å²) in [5, 5.41) is 11.7. The van der Waals surface area contributed by atoms with E-state index in [9.17, 15) is 4.79 Å². The first-order valence-corrected chi connectivity index (χ1v) is 6.72. The van der Waals surface area contributed by atoms with E-state index >= 15 is 0 Å². The maximum absolute atomic E-state index is 11.8. The van der Waals surface area contributed by atoms with Crippen molar-refractivity contribution in [2.75, 3.05) is 5.32 Å². The summed E-state index contributed by atoms with van der Waals surface area (Å²) in [5.41, 5.74) is 0.503. The Labute approximate surface area is 120 Å². The highest BCUT2D eigenvalue weighted by molar-refractivity contribution is 9.10. The highest BCUT2D eigenvalue weighted by Crippen LogP contribution is 2.26. The maximum Gasteiger partial charge on any atom is 0.257 e. The molecular formula is C11H5BrClN3OS. The van der Waals surface area contributed by atoms with Crippen molar-refractivity contribution in [3.8, 4) is 6.07 Å². The van der Waals surface area contributed by atoms with Crippen LogP contribution in [0.4, 0.5) is 5.13 Å². The van der Waals surface area contributed by atoms with Gasteiger partial charge in [-0.1, -0.05) is 38.9 Å². The molecule has 1 aromatic heterocycles. The van der Waals surface area contributed by atoms with E-state index in [0.29, 0.717) is 10.7 Å². The van der Waals surface area contributed by atoms with Gasteiger partial charge in [-0.3, -0.25) is 10.1 Å². The number of aromatic nitrogens is 1. The number of carbonyl (C=O) groups is 1. The fraction of sp³-hybridized carbons (Fsp3) is 0. The summed E-state index contributed by atoms with van der Waals surface area (Å²) in [6.07, 6.45) is 0. The van der Waals surface area contributed by atoms with Crippen LogP contribution in [0.3, 0.4) is 0 Å². The third kappa shape index (κ3) is 2.88. The summed E-state index contributed by atoms with van der Waals surface area (Å²) in [5.74, 6) is -0.294. The number of benzene rings is 1. The molecule has 0 aliphatic heterocycles. The second kappa shape index (κ2) is 5.48. The first-order valence-electron chi connectivity index (χ1n) is 4.73.